The molecule has 1 aliphatic rings. The molecule has 24 nitrogen and oxygen atoms in total. The van der Waals surface area contributed by atoms with Crippen molar-refractivity contribution in [3.63, 3.8) is 0 Å². The molecule has 2 aromatic heterocycles. The molecule has 19 N–H and O–H groups in total. The minimum absolute atomic E-state index is 0. The zero-order valence-electron chi connectivity index (χ0n) is 40.8. The first kappa shape index (κ1) is 72.1. The number of nitrogens with one attached hydrogen (secondary N) is 1. The van der Waals surface area contributed by atoms with E-state index in [-0.39, 0.29) is 89.1 Å². The summed E-state index contributed by atoms with van der Waals surface area (Å²) < 4.78 is 7.83. The number of halogens is 3. The van der Waals surface area contributed by atoms with Crippen LogP contribution in [-0.2, 0) is 26.2 Å². The maximum atomic E-state index is 9.28. The lowest BCUT2D eigenvalue weighted by Gasteiger charge is -2.16. The fraction of sp³-hybridized carbons (Fsp3) is 0.318. The number of quaternary nitrogens is 1. The van der Waals surface area contributed by atoms with Crippen LogP contribution in [0.4, 0.5) is 0 Å². The van der Waals surface area contributed by atoms with Gasteiger partial charge in [0.15, 0.2) is 0 Å². The fourth-order valence-corrected chi connectivity index (χ4v) is 11.5. The van der Waals surface area contributed by atoms with Crippen LogP contribution >= 0.6 is 0 Å². The Morgan fingerprint density at radius 1 is 0.442 bits per heavy atom. The molecule has 77 heavy (non-hydrogen) atoms. The summed E-state index contributed by atoms with van der Waals surface area (Å²) in [5.41, 5.74) is 3.77. The van der Waals surface area contributed by atoms with Crippen molar-refractivity contribution in [3.8, 4) is 0 Å². The lowest BCUT2D eigenvalue weighted by molar-refractivity contribution is -0.891. The van der Waals surface area contributed by atoms with Crippen LogP contribution in [0.3, 0.4) is 0 Å². The summed E-state index contributed by atoms with van der Waals surface area (Å²) >= 11 is 0. The molecule has 0 radical (unpaired) electrons. The maximum Gasteiger partial charge on any atom is 0.528 e. The van der Waals surface area contributed by atoms with E-state index in [9.17, 15) is 57.5 Å². The van der Waals surface area contributed by atoms with Gasteiger partial charge in [-0.05, 0) is 28.7 Å². The van der Waals surface area contributed by atoms with Crippen LogP contribution in [0.25, 0.3) is 0 Å². The van der Waals surface area contributed by atoms with E-state index in [2.05, 4.69) is 4.90 Å². The molecule has 6 aromatic rings. The fourth-order valence-electron chi connectivity index (χ4n) is 7.73. The highest BCUT2D eigenvalue weighted by atomic mass is 127. The number of nitrogens with zero attached hydrogens (tertiary/aromatic N) is 5. The number of hydrogen-bond donors (Lipinski definition) is 19. The maximum absolute atomic E-state index is 9.28. The van der Waals surface area contributed by atoms with Gasteiger partial charge in [0.25, 0.3) is 0 Å². The van der Waals surface area contributed by atoms with E-state index in [1.807, 2.05) is 55.7 Å². The minimum Gasteiger partial charge on any atom is -1.00 e. The first-order valence-electron chi connectivity index (χ1n) is 22.9. The number of hydrogen-bond acceptors (Lipinski definition) is 19. The van der Waals surface area contributed by atoms with E-state index in [0.717, 1.165) is 55.1 Å². The molecule has 1 atom stereocenters. The highest BCUT2D eigenvalue weighted by Gasteiger charge is 2.33. The van der Waals surface area contributed by atoms with E-state index in [1.54, 1.807) is 48.5 Å². The Morgan fingerprint density at radius 3 is 1.06 bits per heavy atom. The summed E-state index contributed by atoms with van der Waals surface area (Å²) in [5, 5.41) is 0.548. The van der Waals surface area contributed by atoms with E-state index in [1.165, 1.54) is 53.4 Å². The molecule has 7 rings (SSSR count). The quantitative estimate of drug-likeness (QED) is 0.0192. The van der Waals surface area contributed by atoms with Gasteiger partial charge in [-0.25, -0.2) is 18.3 Å². The van der Waals surface area contributed by atoms with Crippen LogP contribution in [0.1, 0.15) is 42.5 Å². The van der Waals surface area contributed by atoms with Gasteiger partial charge in [0.1, 0.15) is 57.6 Å². The van der Waals surface area contributed by atoms with Gasteiger partial charge in [0, 0.05) is 45.8 Å². The predicted octanol–water partition coefficient (Wildman–Crippen LogP) is -18.4. The molecule has 1 aliphatic heterocycles. The van der Waals surface area contributed by atoms with Gasteiger partial charge in [-0.2, -0.15) is 0 Å². The Labute approximate surface area is 481 Å². The molecule has 0 amide bonds. The third-order valence-electron chi connectivity index (χ3n) is 11.6. The SMILES string of the molecule is C.O[Si](O)(O)CCCN1CC[NH+](CCC[Si](O)(O)O)C1.O[Si](O)(O)c1ccc(Cn2cc[n+](Cc3ccc([Si](O)(O)O)cc3)c2)cc1.O[Si](O)(O)c1ccc(Cn2cc[n+](Cc3ccc([Si](O)(O)O)cc3)c2)cc1.[Cl-].[Cl-].[I-]. The number of benzene rings is 4. The average molecular weight is 1340 g/mol. The molecule has 0 spiro atoms. The zero-order chi connectivity index (χ0) is 53.8. The predicted molar refractivity (Wildman–Crippen MR) is 277 cm³/mol. The van der Waals surface area contributed by atoms with Gasteiger partial charge in [0.05, 0.1) is 19.6 Å². The lowest BCUT2D eigenvalue weighted by Crippen LogP contribution is -3.10. The average Bonchev–Trinajstić information content (AvgIpc) is 4.05. The molecule has 0 bridgehead atoms. The van der Waals surface area contributed by atoms with Crippen LogP contribution in [-0.4, -0.2) is 186 Å². The number of rotatable bonds is 20. The van der Waals surface area contributed by atoms with Gasteiger partial charge in [0.2, 0.25) is 12.7 Å². The molecule has 0 aliphatic carbocycles. The van der Waals surface area contributed by atoms with Gasteiger partial charge in [-0.1, -0.05) is 104 Å². The molecular weight excluding hydrogens is 1270 g/mol. The molecule has 1 fully saturated rings. The van der Waals surface area contributed by atoms with Gasteiger partial charge in [-0.15, -0.1) is 0 Å². The van der Waals surface area contributed by atoms with Gasteiger partial charge >= 0.3 is 52.8 Å². The Kier molecular flexibility index (Phi) is 29.4. The van der Waals surface area contributed by atoms with E-state index >= 15 is 0 Å². The first-order valence-corrected chi connectivity index (χ1v) is 34.4. The molecule has 3 heterocycles. The lowest BCUT2D eigenvalue weighted by atomic mass is 10.2. The summed E-state index contributed by atoms with van der Waals surface area (Å²) in [5.74, 6) is 0. The molecule has 1 unspecified atom stereocenters. The molecular formula is C44H71Cl2IN6O18Si6. The van der Waals surface area contributed by atoms with Crippen LogP contribution in [0.15, 0.2) is 135 Å². The first-order chi connectivity index (χ1) is 33.9. The van der Waals surface area contributed by atoms with Crippen LogP contribution in [0.5, 0.6) is 0 Å². The Hall–Kier alpha value is -2.89. The van der Waals surface area contributed by atoms with Crippen molar-refractivity contribution in [1.29, 1.82) is 0 Å². The number of aromatic nitrogens is 4. The second kappa shape index (κ2) is 31.4. The molecule has 1 saturated heterocycles. The van der Waals surface area contributed by atoms with Crippen molar-refractivity contribution < 1.29 is 149 Å². The summed E-state index contributed by atoms with van der Waals surface area (Å²) in [7, 11) is -24.8. The molecule has 33 heteroatoms. The van der Waals surface area contributed by atoms with Crippen LogP contribution in [0, 0.1) is 0 Å². The summed E-state index contributed by atoms with van der Waals surface area (Å²) in [6.07, 6.45) is 12.6. The van der Waals surface area contributed by atoms with E-state index < -0.39 is 52.8 Å². The van der Waals surface area contributed by atoms with Crippen molar-refractivity contribution in [1.82, 2.24) is 14.0 Å². The van der Waals surface area contributed by atoms with Crippen molar-refractivity contribution >= 4 is 73.6 Å². The summed E-state index contributed by atoms with van der Waals surface area (Å²) in [6, 6.07) is 26.1. The van der Waals surface area contributed by atoms with Crippen molar-refractivity contribution in [2.75, 3.05) is 32.8 Å². The monoisotopic (exact) mass is 1340 g/mol. The Balaban J connectivity index is 0.000000573. The second-order valence-electron chi connectivity index (χ2n) is 18.1. The highest BCUT2D eigenvalue weighted by Crippen LogP contribution is 2.08. The smallest absolute Gasteiger partial charge is 0.528 e. The van der Waals surface area contributed by atoms with Gasteiger partial charge < -0.3 is 140 Å². The third kappa shape index (κ3) is 26.5. The van der Waals surface area contributed by atoms with Crippen LogP contribution < -0.4 is 83.6 Å². The molecule has 0 saturated carbocycles. The highest BCUT2D eigenvalue weighted by molar-refractivity contribution is 6.72. The zero-order valence-corrected chi connectivity index (χ0v) is 50.5. The Bertz CT molecular complexity index is 2290. The molecule has 4 aromatic carbocycles. The van der Waals surface area contributed by atoms with E-state index in [4.69, 9.17) is 28.8 Å². The van der Waals surface area contributed by atoms with Crippen molar-refractivity contribution in [2.24, 2.45) is 0 Å². The number of imidazole rings is 2. The normalized spacial score (nSPS) is 14.1. The van der Waals surface area contributed by atoms with Crippen LogP contribution in [0.2, 0.25) is 12.1 Å². The molecule has 430 valence electrons. The Morgan fingerprint density at radius 2 is 0.753 bits per heavy atom. The van der Waals surface area contributed by atoms with Gasteiger partial charge in [-0.3, -0.25) is 4.90 Å². The third-order valence-corrected chi connectivity index (χ3v) is 18.1. The summed E-state index contributed by atoms with van der Waals surface area (Å²) in [4.78, 5) is 168. The standard InChI is InChI=1S/2C17H21N2O6Si2.C9H24N2O6Si2.CH4.2ClH.HI/c2*20-26(21,22)16-5-1-14(2-6-16)11-18-9-10-19(13-18)12-15-3-7-17(8-4-15)27(23,24)25;12-18(13,14)7-1-3-10-5-6-11(9-10)4-2-8-19(15,16)17;;;;/h2*1-10,13,20-25H,11-12H2;12-17H,1-9H2;1H4;3*1H/q2*+1;;;;;/p-2. The largest absolute Gasteiger partial charge is 1.00 e. The van der Waals surface area contributed by atoms with Crippen molar-refractivity contribution in [2.45, 2.75) is 58.5 Å². The van der Waals surface area contributed by atoms with E-state index in [0.29, 0.717) is 39.0 Å². The second-order valence-corrected chi connectivity index (χ2v) is 29.6. The summed E-state index contributed by atoms with van der Waals surface area (Å²) in [6.45, 7) is 6.52. The van der Waals surface area contributed by atoms with Crippen molar-refractivity contribution in [3.05, 3.63) is 157 Å². The topological polar surface area (TPSA) is 389 Å². The minimum atomic E-state index is -4.26.